The molecule has 5 aliphatic carbocycles. The van der Waals surface area contributed by atoms with E-state index in [-0.39, 0.29) is 0 Å². The van der Waals surface area contributed by atoms with E-state index in [2.05, 4.69) is 40.8 Å². The van der Waals surface area contributed by atoms with Gasteiger partial charge in [-0.2, -0.15) is 0 Å². The zero-order valence-corrected chi connectivity index (χ0v) is 13.4. The van der Waals surface area contributed by atoms with Gasteiger partial charge in [-0.1, -0.05) is 18.2 Å². The third kappa shape index (κ3) is 1.23. The van der Waals surface area contributed by atoms with Crippen molar-refractivity contribution in [3.05, 3.63) is 36.0 Å². The minimum Gasteiger partial charge on any atom is -0.361 e. The minimum absolute atomic E-state index is 0.878. The Morgan fingerprint density at radius 3 is 2.70 bits per heavy atom. The smallest absolute Gasteiger partial charge is 0.0456 e. The first-order chi connectivity index (χ1) is 11.4. The monoisotopic (exact) mass is 304 g/mol. The van der Waals surface area contributed by atoms with E-state index in [9.17, 15) is 0 Å². The lowest BCUT2D eigenvalue weighted by atomic mass is 9.59. The Labute approximate surface area is 137 Å². The molecule has 1 aromatic carbocycles. The summed E-state index contributed by atoms with van der Waals surface area (Å²) in [7, 11) is 0. The van der Waals surface area contributed by atoms with Gasteiger partial charge in [-0.3, -0.25) is 0 Å². The number of rotatable bonds is 4. The predicted octanol–water partition coefficient (Wildman–Crippen LogP) is 3.45. The topological polar surface area (TPSA) is 27.8 Å². The van der Waals surface area contributed by atoms with Crippen molar-refractivity contribution in [1.82, 2.24) is 10.3 Å². The number of fused-ring (bicyclic) bond motifs is 3. The Hall–Kier alpha value is -1.28. The zero-order valence-electron chi connectivity index (χ0n) is 13.4. The highest BCUT2D eigenvalue weighted by molar-refractivity contribution is 5.83. The molecule has 5 fully saturated rings. The Bertz CT molecular complexity index is 801. The summed E-state index contributed by atoms with van der Waals surface area (Å²) >= 11 is 0. The summed E-state index contributed by atoms with van der Waals surface area (Å²) < 4.78 is 0. The third-order valence-electron chi connectivity index (χ3n) is 8.77. The third-order valence-corrected chi connectivity index (χ3v) is 8.77. The first-order valence-electron chi connectivity index (χ1n) is 9.70. The van der Waals surface area contributed by atoms with Crippen LogP contribution in [-0.2, 0) is 6.42 Å². The molecule has 0 spiro atoms. The maximum absolute atomic E-state index is 4.05. The molecule has 118 valence electrons. The van der Waals surface area contributed by atoms with Gasteiger partial charge in [0.15, 0.2) is 0 Å². The number of hydrogen-bond donors (Lipinski definition) is 2. The van der Waals surface area contributed by atoms with Gasteiger partial charge >= 0.3 is 0 Å². The number of benzene rings is 1. The van der Waals surface area contributed by atoms with Gasteiger partial charge < -0.3 is 10.3 Å². The predicted molar refractivity (Wildman–Crippen MR) is 90.9 cm³/mol. The van der Waals surface area contributed by atoms with E-state index >= 15 is 0 Å². The molecule has 2 N–H and O–H groups in total. The highest BCUT2D eigenvalue weighted by Gasteiger charge is 2.80. The van der Waals surface area contributed by atoms with Crippen LogP contribution in [0.25, 0.3) is 10.9 Å². The molecule has 5 saturated carbocycles. The summed E-state index contributed by atoms with van der Waals surface area (Å²) in [5, 5.41) is 5.46. The number of para-hydroxylation sites is 1. The first kappa shape index (κ1) is 12.1. The highest BCUT2D eigenvalue weighted by atomic mass is 15.0. The molecule has 0 aliphatic heterocycles. The molecule has 0 radical (unpaired) electrons. The van der Waals surface area contributed by atoms with Crippen LogP contribution in [-0.4, -0.2) is 17.6 Å². The van der Waals surface area contributed by atoms with Crippen LogP contribution in [0.2, 0.25) is 0 Å². The van der Waals surface area contributed by atoms with Crippen molar-refractivity contribution in [3.8, 4) is 0 Å². The second-order valence-electron chi connectivity index (χ2n) is 9.03. The van der Waals surface area contributed by atoms with E-state index < -0.39 is 0 Å². The van der Waals surface area contributed by atoms with Gasteiger partial charge in [-0.25, -0.2) is 0 Å². The molecular formula is C21H24N2. The van der Waals surface area contributed by atoms with Gasteiger partial charge in [-0.15, -0.1) is 0 Å². The Morgan fingerprint density at radius 1 is 0.913 bits per heavy atom. The SMILES string of the molecule is c1ccc2c(CCNC3C4C5CC6C7C5CC4C7C63)c[nH]c2c1. The van der Waals surface area contributed by atoms with Crippen LogP contribution in [0.15, 0.2) is 30.5 Å². The summed E-state index contributed by atoms with van der Waals surface area (Å²) in [5.74, 6) is 9.02. The normalized spacial score (nSPS) is 50.3. The van der Waals surface area contributed by atoms with E-state index in [4.69, 9.17) is 0 Å². The summed E-state index contributed by atoms with van der Waals surface area (Å²) in [4.78, 5) is 3.42. The standard InChI is InChI=1S/C21H24N2/c1-2-4-16-11(3-1)10(9-23-16)5-6-22-21-18-13-8-14-17-12(13)7-15(18)19(17)20(14)21/h1-4,9,12-15,17-23H,5-8H2. The van der Waals surface area contributed by atoms with Crippen molar-refractivity contribution in [2.24, 2.45) is 47.3 Å². The number of aromatic amines is 1. The molecule has 5 aliphatic rings. The molecule has 9 atom stereocenters. The maximum atomic E-state index is 4.05. The number of hydrogen-bond acceptors (Lipinski definition) is 1. The summed E-state index contributed by atoms with van der Waals surface area (Å²) in [6.45, 7) is 1.16. The molecule has 7 rings (SSSR count). The van der Waals surface area contributed by atoms with Gasteiger partial charge in [0.2, 0.25) is 0 Å². The first-order valence-corrected chi connectivity index (χ1v) is 9.70. The van der Waals surface area contributed by atoms with E-state index in [1.165, 1.54) is 22.4 Å². The Balaban J connectivity index is 1.11. The van der Waals surface area contributed by atoms with Crippen molar-refractivity contribution in [2.75, 3.05) is 6.54 Å². The zero-order chi connectivity index (χ0) is 14.7. The molecule has 1 aromatic heterocycles. The lowest BCUT2D eigenvalue weighted by Crippen LogP contribution is -2.51. The Morgan fingerprint density at radius 2 is 1.74 bits per heavy atom. The fraction of sp³-hybridized carbons (Fsp3) is 0.619. The summed E-state index contributed by atoms with van der Waals surface area (Å²) in [5.41, 5.74) is 2.76. The molecule has 2 aromatic rings. The van der Waals surface area contributed by atoms with E-state index in [0.717, 1.165) is 60.4 Å². The van der Waals surface area contributed by atoms with Crippen LogP contribution in [0, 0.1) is 47.3 Å². The molecular weight excluding hydrogens is 280 g/mol. The van der Waals surface area contributed by atoms with E-state index in [1.807, 2.05) is 0 Å². The average molecular weight is 304 g/mol. The number of H-pyrrole nitrogens is 1. The van der Waals surface area contributed by atoms with Crippen LogP contribution in [0.4, 0.5) is 0 Å². The van der Waals surface area contributed by atoms with Crippen molar-refractivity contribution in [1.29, 1.82) is 0 Å². The van der Waals surface area contributed by atoms with Crippen molar-refractivity contribution in [2.45, 2.75) is 25.3 Å². The van der Waals surface area contributed by atoms with E-state index in [1.54, 1.807) is 12.8 Å². The van der Waals surface area contributed by atoms with Crippen molar-refractivity contribution >= 4 is 10.9 Å². The van der Waals surface area contributed by atoms with E-state index in [0.29, 0.717) is 0 Å². The van der Waals surface area contributed by atoms with Gasteiger partial charge in [0.1, 0.15) is 0 Å². The van der Waals surface area contributed by atoms with Gasteiger partial charge in [-0.05, 0) is 84.8 Å². The molecule has 23 heavy (non-hydrogen) atoms. The lowest BCUT2D eigenvalue weighted by Gasteiger charge is -2.48. The molecule has 2 nitrogen and oxygen atoms in total. The molecule has 0 amide bonds. The highest BCUT2D eigenvalue weighted by Crippen LogP contribution is 2.82. The van der Waals surface area contributed by atoms with Crippen LogP contribution < -0.4 is 5.32 Å². The molecule has 0 saturated heterocycles. The summed E-state index contributed by atoms with van der Waals surface area (Å²) in [6.07, 6.45) is 6.60. The minimum atomic E-state index is 0.878. The Kier molecular flexibility index (Phi) is 2.03. The average Bonchev–Trinajstić information content (AvgIpc) is 3.22. The maximum Gasteiger partial charge on any atom is 0.0456 e. The molecule has 9 unspecified atom stereocenters. The van der Waals surface area contributed by atoms with Crippen molar-refractivity contribution in [3.63, 3.8) is 0 Å². The second-order valence-corrected chi connectivity index (χ2v) is 9.03. The quantitative estimate of drug-likeness (QED) is 0.889. The number of nitrogens with one attached hydrogen (secondary N) is 2. The largest absolute Gasteiger partial charge is 0.361 e. The molecule has 2 bridgehead atoms. The molecule has 2 heteroatoms. The fourth-order valence-electron chi connectivity index (χ4n) is 8.46. The second kappa shape index (κ2) is 3.85. The van der Waals surface area contributed by atoms with Gasteiger partial charge in [0, 0.05) is 23.1 Å². The van der Waals surface area contributed by atoms with Crippen LogP contribution in [0.1, 0.15) is 18.4 Å². The van der Waals surface area contributed by atoms with Gasteiger partial charge in [0.25, 0.3) is 0 Å². The van der Waals surface area contributed by atoms with Crippen LogP contribution in [0.3, 0.4) is 0 Å². The van der Waals surface area contributed by atoms with Crippen LogP contribution in [0.5, 0.6) is 0 Å². The lowest BCUT2D eigenvalue weighted by molar-refractivity contribution is 0.00989. The van der Waals surface area contributed by atoms with Crippen molar-refractivity contribution < 1.29 is 0 Å². The fourth-order valence-corrected chi connectivity index (χ4v) is 8.46. The molecule has 1 heterocycles. The van der Waals surface area contributed by atoms with Gasteiger partial charge in [0.05, 0.1) is 0 Å². The number of aromatic nitrogens is 1. The van der Waals surface area contributed by atoms with Crippen LogP contribution >= 0.6 is 0 Å². The summed E-state index contributed by atoms with van der Waals surface area (Å²) in [6, 6.07) is 9.59.